The maximum Gasteiger partial charge on any atom is 0.319 e. The Labute approximate surface area is 152 Å². The average Bonchev–Trinajstić information content (AvgIpc) is 2.75. The molecule has 2 aliphatic rings. The maximum atomic E-state index is 12.2. The predicted molar refractivity (Wildman–Crippen MR) is 102 cm³/mol. The second-order valence-electron chi connectivity index (χ2n) is 6.53. The molecule has 134 valence electrons. The summed E-state index contributed by atoms with van der Waals surface area (Å²) in [5.74, 6) is 4.89. The predicted octanol–water partition coefficient (Wildman–Crippen LogP) is 1.71. The highest BCUT2D eigenvalue weighted by Gasteiger charge is 2.22. The Hall–Kier alpha value is -0.860. The van der Waals surface area contributed by atoms with Gasteiger partial charge in [0.15, 0.2) is 0 Å². The molecular weight excluding hydrogens is 342 g/mol. The van der Waals surface area contributed by atoms with Gasteiger partial charge < -0.3 is 15.1 Å². The molecule has 1 fully saturated rings. The summed E-state index contributed by atoms with van der Waals surface area (Å²) >= 11 is 4.08. The lowest BCUT2D eigenvalue weighted by Crippen LogP contribution is -2.38. The number of hydrogen-bond donors (Lipinski definition) is 1. The fourth-order valence-corrected chi connectivity index (χ4v) is 5.50. The van der Waals surface area contributed by atoms with E-state index in [0.29, 0.717) is 12.6 Å². The molecule has 0 bridgehead atoms. The summed E-state index contributed by atoms with van der Waals surface area (Å²) in [6, 6.07) is 2.80. The molecule has 0 atom stereocenters. The smallest absolute Gasteiger partial charge is 0.319 e. The Morgan fingerprint density at radius 1 is 1.33 bits per heavy atom. The summed E-state index contributed by atoms with van der Waals surface area (Å²) < 4.78 is 2.08. The largest absolute Gasteiger partial charge is 0.331 e. The van der Waals surface area contributed by atoms with E-state index in [9.17, 15) is 4.79 Å². The van der Waals surface area contributed by atoms with Crippen molar-refractivity contribution in [3.8, 4) is 0 Å². The maximum absolute atomic E-state index is 12.2. The number of nitrogens with one attached hydrogen (secondary N) is 1. The molecule has 3 heterocycles. The number of carbonyl (C=O) groups is 1. The highest BCUT2D eigenvalue weighted by molar-refractivity contribution is 8.03. The minimum Gasteiger partial charge on any atom is -0.331 e. The van der Waals surface area contributed by atoms with Crippen molar-refractivity contribution < 1.29 is 4.79 Å². The second-order valence-corrected chi connectivity index (χ2v) is 8.83. The summed E-state index contributed by atoms with van der Waals surface area (Å²) in [5.41, 5.74) is 2.23. The van der Waals surface area contributed by atoms with Gasteiger partial charge in [-0.2, -0.15) is 28.6 Å². The van der Waals surface area contributed by atoms with Gasteiger partial charge >= 0.3 is 6.03 Å². The Bertz CT molecular complexity index is 555. The molecule has 1 saturated heterocycles. The van der Waals surface area contributed by atoms with Crippen molar-refractivity contribution in [2.24, 2.45) is 0 Å². The number of nitrogens with zero attached hydrogens (tertiary/aromatic N) is 4. The Kier molecular flexibility index (Phi) is 6.35. The summed E-state index contributed by atoms with van der Waals surface area (Å²) in [6.07, 6.45) is 0.955. The van der Waals surface area contributed by atoms with E-state index in [1.165, 1.54) is 23.0 Å². The number of thioether (sulfide) groups is 2. The van der Waals surface area contributed by atoms with Crippen molar-refractivity contribution in [1.29, 1.82) is 0 Å². The van der Waals surface area contributed by atoms with Gasteiger partial charge in [0, 0.05) is 62.8 Å². The van der Waals surface area contributed by atoms with Gasteiger partial charge in [-0.1, -0.05) is 0 Å². The summed E-state index contributed by atoms with van der Waals surface area (Å²) in [7, 11) is 3.62. The first-order chi connectivity index (χ1) is 11.6. The van der Waals surface area contributed by atoms with Gasteiger partial charge in [0.1, 0.15) is 0 Å². The summed E-state index contributed by atoms with van der Waals surface area (Å²) in [4.78, 5) is 15.8. The van der Waals surface area contributed by atoms with E-state index in [4.69, 9.17) is 5.10 Å². The number of carbonyl (C=O) groups excluding carboxylic acids is 1. The number of aromatic nitrogens is 2. The van der Waals surface area contributed by atoms with Crippen LogP contribution in [0.25, 0.3) is 0 Å². The van der Waals surface area contributed by atoms with Crippen LogP contribution in [-0.4, -0.2) is 75.3 Å². The van der Waals surface area contributed by atoms with Gasteiger partial charge in [-0.3, -0.25) is 4.68 Å². The fourth-order valence-electron chi connectivity index (χ4n) is 3.04. The highest BCUT2D eigenvalue weighted by atomic mass is 32.2. The number of urea groups is 1. The van der Waals surface area contributed by atoms with Crippen molar-refractivity contribution in [2.45, 2.75) is 32.1 Å². The molecule has 0 aliphatic carbocycles. The molecule has 0 spiro atoms. The van der Waals surface area contributed by atoms with Crippen LogP contribution in [0, 0.1) is 0 Å². The quantitative estimate of drug-likeness (QED) is 0.879. The Morgan fingerprint density at radius 2 is 2.08 bits per heavy atom. The summed E-state index contributed by atoms with van der Waals surface area (Å²) in [5, 5.41) is 8.39. The molecule has 2 amide bonds. The minimum atomic E-state index is 0.0804. The van der Waals surface area contributed by atoms with Crippen LogP contribution in [0.2, 0.25) is 0 Å². The van der Waals surface area contributed by atoms with Crippen molar-refractivity contribution in [3.05, 3.63) is 17.5 Å². The molecule has 0 radical (unpaired) electrons. The van der Waals surface area contributed by atoms with Crippen molar-refractivity contribution >= 4 is 29.6 Å². The lowest BCUT2D eigenvalue weighted by atomic mass is 10.3. The number of rotatable bonds is 3. The number of hydrogen-bond acceptors (Lipinski definition) is 5. The van der Waals surface area contributed by atoms with Crippen LogP contribution in [0.15, 0.2) is 6.07 Å². The van der Waals surface area contributed by atoms with E-state index in [2.05, 4.69) is 16.1 Å². The standard InChI is InChI=1S/C16H27N5OS2/c1-19(2)16(22)20-4-3-5-21-15(10-20)8-13(18-21)9-17-14-11-23-6-7-24-12-14/h8,14,17H,3-7,9-12H2,1-2H3. The third-order valence-corrected chi connectivity index (χ3v) is 6.82. The van der Waals surface area contributed by atoms with E-state index in [0.717, 1.165) is 37.4 Å². The van der Waals surface area contributed by atoms with Crippen molar-refractivity contribution in [3.63, 3.8) is 0 Å². The first kappa shape index (κ1) is 17.9. The second kappa shape index (κ2) is 8.49. The van der Waals surface area contributed by atoms with Crippen LogP contribution in [-0.2, 0) is 19.6 Å². The zero-order valence-electron chi connectivity index (χ0n) is 14.5. The molecule has 6 nitrogen and oxygen atoms in total. The molecule has 3 rings (SSSR count). The third-order valence-electron chi connectivity index (χ3n) is 4.30. The van der Waals surface area contributed by atoms with Gasteiger partial charge in [-0.05, 0) is 12.5 Å². The third kappa shape index (κ3) is 4.61. The molecule has 1 aromatic rings. The monoisotopic (exact) mass is 369 g/mol. The molecule has 8 heteroatoms. The zero-order chi connectivity index (χ0) is 16.9. The number of amides is 2. The molecule has 1 N–H and O–H groups in total. The summed E-state index contributed by atoms with van der Waals surface area (Å²) in [6.45, 7) is 3.15. The molecule has 24 heavy (non-hydrogen) atoms. The van der Waals surface area contributed by atoms with Crippen LogP contribution in [0.3, 0.4) is 0 Å². The highest BCUT2D eigenvalue weighted by Crippen LogP contribution is 2.18. The van der Waals surface area contributed by atoms with E-state index in [1.807, 2.05) is 42.5 Å². The molecule has 0 saturated carbocycles. The lowest BCUT2D eigenvalue weighted by Gasteiger charge is -2.24. The molecule has 1 aromatic heterocycles. The average molecular weight is 370 g/mol. The van der Waals surface area contributed by atoms with Crippen molar-refractivity contribution in [2.75, 3.05) is 43.7 Å². The Morgan fingerprint density at radius 3 is 2.79 bits per heavy atom. The minimum absolute atomic E-state index is 0.0804. The van der Waals surface area contributed by atoms with Crippen LogP contribution in [0.4, 0.5) is 4.79 Å². The van der Waals surface area contributed by atoms with E-state index in [1.54, 1.807) is 4.90 Å². The van der Waals surface area contributed by atoms with E-state index in [-0.39, 0.29) is 6.03 Å². The Balaban J connectivity index is 1.60. The van der Waals surface area contributed by atoms with Gasteiger partial charge in [-0.25, -0.2) is 4.79 Å². The molecule has 0 aromatic carbocycles. The van der Waals surface area contributed by atoms with Crippen LogP contribution >= 0.6 is 23.5 Å². The number of fused-ring (bicyclic) bond motifs is 1. The van der Waals surface area contributed by atoms with Crippen LogP contribution in [0.1, 0.15) is 17.8 Å². The van der Waals surface area contributed by atoms with Crippen molar-refractivity contribution in [1.82, 2.24) is 24.9 Å². The van der Waals surface area contributed by atoms with E-state index >= 15 is 0 Å². The number of aryl methyl sites for hydroxylation is 1. The normalized spacial score (nSPS) is 19.5. The molecule has 0 unspecified atom stereocenters. The molecular formula is C16H27N5OS2. The lowest BCUT2D eigenvalue weighted by molar-refractivity contribution is 0.169. The molecule has 2 aliphatic heterocycles. The van der Waals surface area contributed by atoms with Gasteiger partial charge in [0.2, 0.25) is 0 Å². The van der Waals surface area contributed by atoms with Gasteiger partial charge in [0.05, 0.1) is 17.9 Å². The van der Waals surface area contributed by atoms with Gasteiger partial charge in [0.25, 0.3) is 0 Å². The first-order valence-corrected chi connectivity index (χ1v) is 10.8. The van der Waals surface area contributed by atoms with Gasteiger partial charge in [-0.15, -0.1) is 0 Å². The fraction of sp³-hybridized carbons (Fsp3) is 0.750. The SMILES string of the molecule is CN(C)C(=O)N1CCCn2nc(CNC3CSCCSC3)cc2C1. The van der Waals surface area contributed by atoms with Crippen LogP contribution < -0.4 is 5.32 Å². The van der Waals surface area contributed by atoms with E-state index < -0.39 is 0 Å². The zero-order valence-corrected chi connectivity index (χ0v) is 16.2. The topological polar surface area (TPSA) is 53.4 Å². The first-order valence-electron chi connectivity index (χ1n) is 8.54. The van der Waals surface area contributed by atoms with Crippen LogP contribution in [0.5, 0.6) is 0 Å².